The Labute approximate surface area is 192 Å². The van der Waals surface area contributed by atoms with Crippen LogP contribution in [0.3, 0.4) is 0 Å². The average molecular weight is 495 g/mol. The van der Waals surface area contributed by atoms with Gasteiger partial charge in [-0.15, -0.1) is 6.58 Å². The first-order valence-electron chi connectivity index (χ1n) is 9.38. The summed E-state index contributed by atoms with van der Waals surface area (Å²) in [4.78, 5) is 6.86. The number of hydrogen-bond donors (Lipinski definition) is 3. The summed E-state index contributed by atoms with van der Waals surface area (Å²) in [7, 11) is -3.01. The van der Waals surface area contributed by atoms with Crippen LogP contribution >= 0.6 is 0 Å². The minimum Gasteiger partial charge on any atom is -0.497 e. The molecule has 2 bridgehead atoms. The van der Waals surface area contributed by atoms with Gasteiger partial charge in [-0.3, -0.25) is 19.0 Å². The maximum Gasteiger partial charge on any atom is 0.394 e. The molecular weight excluding hydrogens is 460 g/mol. The lowest BCUT2D eigenvalue weighted by atomic mass is 9.73. The minimum atomic E-state index is -4.67. The van der Waals surface area contributed by atoms with Gasteiger partial charge in [-0.05, 0) is 61.1 Å². The van der Waals surface area contributed by atoms with Crippen LogP contribution in [0.25, 0.3) is 10.9 Å². The number of nitrogens with zero attached hydrogens (tertiary/aromatic N) is 2. The first-order chi connectivity index (χ1) is 13.7. The van der Waals surface area contributed by atoms with Gasteiger partial charge in [0, 0.05) is 24.2 Å². The Kier molecular flexibility index (Phi) is 13.5. The molecule has 0 spiro atoms. The van der Waals surface area contributed by atoms with Gasteiger partial charge in [0.2, 0.25) is 0 Å². The van der Waals surface area contributed by atoms with Crippen LogP contribution in [0.1, 0.15) is 24.5 Å². The first-order valence-corrected chi connectivity index (χ1v) is 10.8. The molecule has 5 rings (SSSR count). The third-order valence-electron chi connectivity index (χ3n) is 5.82. The molecule has 13 heteroatoms. The number of ether oxygens (including phenoxy) is 1. The van der Waals surface area contributed by atoms with E-state index in [9.17, 15) is 5.11 Å². The van der Waals surface area contributed by atoms with E-state index in [1.807, 2.05) is 24.3 Å². The van der Waals surface area contributed by atoms with Gasteiger partial charge >= 0.3 is 10.4 Å². The SMILES string of the molecule is C=C[C@H]1CN2CC[C@H]1C[C@H]2[C@H](O)c1ccnc2ccc(OC)cc12.O.O.O.O.O=S(=O)(O)O. The number of aliphatic hydroxyl groups excluding tert-OH is 1. The van der Waals surface area contributed by atoms with Crippen molar-refractivity contribution in [2.45, 2.75) is 25.0 Å². The van der Waals surface area contributed by atoms with E-state index in [1.54, 1.807) is 13.3 Å². The van der Waals surface area contributed by atoms with E-state index in [-0.39, 0.29) is 27.9 Å². The Morgan fingerprint density at radius 3 is 2.36 bits per heavy atom. The van der Waals surface area contributed by atoms with Crippen molar-refractivity contribution in [1.82, 2.24) is 9.88 Å². The monoisotopic (exact) mass is 494 g/mol. The first kappa shape index (κ1) is 33.0. The van der Waals surface area contributed by atoms with E-state index in [0.29, 0.717) is 11.8 Å². The number of methoxy groups -OCH3 is 1. The Balaban J connectivity index is 0. The number of aliphatic hydroxyl groups is 1. The second kappa shape index (κ2) is 13.5. The summed E-state index contributed by atoms with van der Waals surface area (Å²) in [5.74, 6) is 2.01. The van der Waals surface area contributed by atoms with Gasteiger partial charge in [0.1, 0.15) is 5.75 Å². The maximum atomic E-state index is 11.2. The van der Waals surface area contributed by atoms with Gasteiger partial charge in [-0.25, -0.2) is 0 Å². The van der Waals surface area contributed by atoms with Crippen LogP contribution in [0.5, 0.6) is 5.75 Å². The zero-order valence-corrected chi connectivity index (χ0v) is 19.0. The second-order valence-electron chi connectivity index (χ2n) is 7.42. The Bertz CT molecular complexity index is 980. The smallest absolute Gasteiger partial charge is 0.394 e. The number of pyridine rings is 1. The van der Waals surface area contributed by atoms with Crippen LogP contribution in [0.2, 0.25) is 0 Å². The highest BCUT2D eigenvalue weighted by atomic mass is 32.3. The summed E-state index contributed by atoms with van der Waals surface area (Å²) in [6.07, 6.45) is 5.62. The molecule has 0 aliphatic carbocycles. The maximum absolute atomic E-state index is 11.2. The molecular formula is C20H34N2O10S. The average Bonchev–Trinajstić information content (AvgIpc) is 2.71. The zero-order valence-electron chi connectivity index (χ0n) is 18.2. The molecule has 3 aliphatic rings. The number of aromatic nitrogens is 1. The normalized spacial score (nSPS) is 23.8. The lowest BCUT2D eigenvalue weighted by Crippen LogP contribution is -2.54. The molecule has 2 aromatic rings. The standard InChI is InChI=1S/C20H24N2O2.H2O4S.4H2O/c1-3-13-12-22-9-7-14(13)10-19(22)20(23)16-6-8-21-18-5-4-15(24-2)11-17(16)18;1-5(2,3)4;;;;/h3-6,8,11,13-14,19-20,23H,1,7,9-10,12H2,2H3;(H2,1,2,3,4);4*1H2/t13-,14-,19-,20+;;;;;/m0...../s1. The van der Waals surface area contributed by atoms with Crippen molar-refractivity contribution >= 4 is 21.3 Å². The van der Waals surface area contributed by atoms with E-state index in [0.717, 1.165) is 41.7 Å². The molecule has 0 saturated carbocycles. The van der Waals surface area contributed by atoms with Crippen LogP contribution in [-0.2, 0) is 10.4 Å². The highest BCUT2D eigenvalue weighted by molar-refractivity contribution is 7.79. The largest absolute Gasteiger partial charge is 0.497 e. The minimum absolute atomic E-state index is 0. The molecule has 0 amide bonds. The van der Waals surface area contributed by atoms with Crippen LogP contribution < -0.4 is 4.74 Å². The zero-order chi connectivity index (χ0) is 21.2. The van der Waals surface area contributed by atoms with Crippen molar-refractivity contribution in [3.63, 3.8) is 0 Å². The predicted molar refractivity (Wildman–Crippen MR) is 124 cm³/mol. The second-order valence-corrected chi connectivity index (χ2v) is 8.32. The van der Waals surface area contributed by atoms with Crippen molar-refractivity contribution in [2.24, 2.45) is 11.8 Å². The number of hydrogen-bond acceptors (Lipinski definition) is 6. The summed E-state index contributed by atoms with van der Waals surface area (Å²) in [5, 5.41) is 12.1. The van der Waals surface area contributed by atoms with E-state index in [4.69, 9.17) is 22.3 Å². The molecule has 4 heterocycles. The third kappa shape index (κ3) is 7.96. The molecule has 1 aromatic carbocycles. The van der Waals surface area contributed by atoms with Gasteiger partial charge in [0.25, 0.3) is 0 Å². The van der Waals surface area contributed by atoms with E-state index >= 15 is 0 Å². The fourth-order valence-electron chi connectivity index (χ4n) is 4.44. The molecule has 11 N–H and O–H groups in total. The van der Waals surface area contributed by atoms with Crippen molar-refractivity contribution in [2.75, 3.05) is 20.2 Å². The molecule has 0 radical (unpaired) electrons. The third-order valence-corrected chi connectivity index (χ3v) is 5.82. The Morgan fingerprint density at radius 2 is 1.85 bits per heavy atom. The topological polar surface area (TPSA) is 246 Å². The van der Waals surface area contributed by atoms with E-state index < -0.39 is 16.5 Å². The van der Waals surface area contributed by atoms with Gasteiger partial charge in [0.05, 0.1) is 18.7 Å². The molecule has 12 nitrogen and oxygen atoms in total. The van der Waals surface area contributed by atoms with Crippen LogP contribution in [-0.4, -0.2) is 80.7 Å². The Hall–Kier alpha value is -2.20. The van der Waals surface area contributed by atoms with Crippen molar-refractivity contribution in [3.05, 3.63) is 48.7 Å². The fourth-order valence-corrected chi connectivity index (χ4v) is 4.44. The molecule has 3 saturated heterocycles. The van der Waals surface area contributed by atoms with Crippen molar-refractivity contribution < 1.29 is 49.3 Å². The fraction of sp³-hybridized carbons (Fsp3) is 0.450. The predicted octanol–water partition coefficient (Wildman–Crippen LogP) is -0.778. The lowest BCUT2D eigenvalue weighted by molar-refractivity contribution is -0.0444. The molecule has 1 unspecified atom stereocenters. The summed E-state index contributed by atoms with van der Waals surface area (Å²) in [5.41, 5.74) is 1.85. The van der Waals surface area contributed by atoms with Gasteiger partial charge in [-0.2, -0.15) is 8.42 Å². The molecule has 33 heavy (non-hydrogen) atoms. The van der Waals surface area contributed by atoms with Crippen molar-refractivity contribution in [3.8, 4) is 5.75 Å². The molecule has 3 fully saturated rings. The number of rotatable bonds is 4. The van der Waals surface area contributed by atoms with Crippen LogP contribution in [0.15, 0.2) is 43.1 Å². The van der Waals surface area contributed by atoms with Gasteiger partial charge < -0.3 is 31.7 Å². The molecule has 190 valence electrons. The summed E-state index contributed by atoms with van der Waals surface area (Å²) in [6.45, 7) is 6.07. The highest BCUT2D eigenvalue weighted by Crippen LogP contribution is 2.42. The summed E-state index contributed by atoms with van der Waals surface area (Å²) in [6, 6.07) is 7.96. The Morgan fingerprint density at radius 1 is 1.21 bits per heavy atom. The molecule has 1 aromatic heterocycles. The number of piperidine rings is 3. The number of benzene rings is 1. The van der Waals surface area contributed by atoms with E-state index in [2.05, 4.69) is 22.5 Å². The highest BCUT2D eigenvalue weighted by Gasteiger charge is 2.42. The summed E-state index contributed by atoms with van der Waals surface area (Å²) >= 11 is 0. The van der Waals surface area contributed by atoms with Gasteiger partial charge in [-0.1, -0.05) is 6.08 Å². The molecule has 5 atom stereocenters. The van der Waals surface area contributed by atoms with Crippen LogP contribution in [0, 0.1) is 11.8 Å². The van der Waals surface area contributed by atoms with Crippen LogP contribution in [0.4, 0.5) is 0 Å². The molecule has 3 aliphatic heterocycles. The van der Waals surface area contributed by atoms with E-state index in [1.165, 1.54) is 6.42 Å². The lowest BCUT2D eigenvalue weighted by Gasteiger charge is -2.50. The quantitative estimate of drug-likeness (QED) is 0.358. The van der Waals surface area contributed by atoms with Crippen molar-refractivity contribution in [1.29, 1.82) is 0 Å². The summed E-state index contributed by atoms with van der Waals surface area (Å²) < 4.78 is 36.9. The number of fused-ring (bicyclic) bond motifs is 4. The van der Waals surface area contributed by atoms with Gasteiger partial charge in [0.15, 0.2) is 0 Å².